The van der Waals surface area contributed by atoms with Gasteiger partial charge in [0.15, 0.2) is 5.78 Å². The molecule has 1 N–H and O–H groups in total. The van der Waals surface area contributed by atoms with Gasteiger partial charge < -0.3 is 5.32 Å². The third-order valence-electron chi connectivity index (χ3n) is 3.03. The number of carbonyl (C=O) groups excluding carboxylic acids is 1. The molecule has 2 fully saturated rings. The highest BCUT2D eigenvalue weighted by molar-refractivity contribution is 6.37. The first-order chi connectivity index (χ1) is 6.21. The van der Waals surface area contributed by atoms with Crippen LogP contribution in [0.5, 0.6) is 0 Å². The van der Waals surface area contributed by atoms with Crippen molar-refractivity contribution in [1.82, 2.24) is 5.32 Å². The molecule has 74 valence electrons. The highest BCUT2D eigenvalue weighted by Gasteiger charge is 2.47. The van der Waals surface area contributed by atoms with Crippen molar-refractivity contribution < 1.29 is 4.79 Å². The molecule has 2 aliphatic rings. The van der Waals surface area contributed by atoms with E-state index in [1.54, 1.807) is 0 Å². The van der Waals surface area contributed by atoms with E-state index in [9.17, 15) is 4.79 Å². The lowest BCUT2D eigenvalue weighted by atomic mass is 9.98. The van der Waals surface area contributed by atoms with Crippen molar-refractivity contribution in [3.63, 3.8) is 0 Å². The molecule has 3 heteroatoms. The van der Waals surface area contributed by atoms with Crippen LogP contribution in [-0.2, 0) is 4.79 Å². The Kier molecular flexibility index (Phi) is 2.61. The molecule has 2 rings (SSSR count). The number of alkyl halides is 1. The average molecular weight is 202 g/mol. The molecule has 0 aromatic rings. The number of rotatable bonds is 3. The summed E-state index contributed by atoms with van der Waals surface area (Å²) in [4.78, 5) is 11.2. The molecule has 0 aromatic carbocycles. The lowest BCUT2D eigenvalue weighted by Crippen LogP contribution is -2.37. The Bertz CT molecular complexity index is 207. The summed E-state index contributed by atoms with van der Waals surface area (Å²) in [6.07, 6.45) is 6.05. The average Bonchev–Trinajstić information content (AvgIpc) is 2.87. The fourth-order valence-corrected chi connectivity index (χ4v) is 2.07. The second-order valence-corrected chi connectivity index (χ2v) is 4.96. The zero-order valence-corrected chi connectivity index (χ0v) is 8.57. The molecule has 0 spiro atoms. The van der Waals surface area contributed by atoms with Gasteiger partial charge in [0, 0.05) is 12.5 Å². The number of ketones is 1. The van der Waals surface area contributed by atoms with E-state index >= 15 is 0 Å². The number of nitrogens with one attached hydrogen (secondary N) is 1. The van der Waals surface area contributed by atoms with E-state index < -0.39 is 4.87 Å². The van der Waals surface area contributed by atoms with Crippen LogP contribution in [-0.4, -0.2) is 23.2 Å². The highest BCUT2D eigenvalue weighted by Crippen LogP contribution is 2.44. The topological polar surface area (TPSA) is 29.1 Å². The predicted molar refractivity (Wildman–Crippen MR) is 53.1 cm³/mol. The van der Waals surface area contributed by atoms with Crippen LogP contribution in [0.3, 0.4) is 0 Å². The van der Waals surface area contributed by atoms with E-state index in [0.29, 0.717) is 12.5 Å². The molecular weight excluding hydrogens is 186 g/mol. The molecule has 1 aliphatic carbocycles. The maximum Gasteiger partial charge on any atom is 0.155 e. The van der Waals surface area contributed by atoms with Crippen LogP contribution in [0.1, 0.15) is 38.5 Å². The summed E-state index contributed by atoms with van der Waals surface area (Å²) >= 11 is 6.04. The van der Waals surface area contributed by atoms with Crippen molar-refractivity contribution in [1.29, 1.82) is 0 Å². The van der Waals surface area contributed by atoms with E-state index in [4.69, 9.17) is 11.6 Å². The summed E-state index contributed by atoms with van der Waals surface area (Å²) in [6.45, 7) is 1.06. The Morgan fingerprint density at radius 1 is 1.46 bits per heavy atom. The first-order valence-corrected chi connectivity index (χ1v) is 5.54. The monoisotopic (exact) mass is 201 g/mol. The molecule has 1 atom stereocenters. The van der Waals surface area contributed by atoms with Crippen molar-refractivity contribution in [2.45, 2.75) is 49.4 Å². The molecule has 1 saturated heterocycles. The molecule has 0 aromatic heterocycles. The third-order valence-corrected chi connectivity index (χ3v) is 3.62. The largest absolute Gasteiger partial charge is 0.314 e. The number of carbonyl (C=O) groups is 1. The van der Waals surface area contributed by atoms with Crippen molar-refractivity contribution in [2.24, 2.45) is 0 Å². The van der Waals surface area contributed by atoms with Crippen LogP contribution in [0.15, 0.2) is 0 Å². The summed E-state index contributed by atoms with van der Waals surface area (Å²) in [6, 6.07) is 0.400. The van der Waals surface area contributed by atoms with Crippen LogP contribution in [0.4, 0.5) is 0 Å². The lowest BCUT2D eigenvalue weighted by Gasteiger charge is -2.23. The van der Waals surface area contributed by atoms with Gasteiger partial charge >= 0.3 is 0 Å². The number of Topliss-reactive ketones (excluding diaryl/α,β-unsaturated/α-hetero) is 1. The first kappa shape index (κ1) is 9.47. The highest BCUT2D eigenvalue weighted by atomic mass is 35.5. The van der Waals surface area contributed by atoms with Crippen molar-refractivity contribution in [3.8, 4) is 0 Å². The van der Waals surface area contributed by atoms with Gasteiger partial charge in [-0.2, -0.15) is 0 Å². The number of halogens is 1. The van der Waals surface area contributed by atoms with Crippen LogP contribution < -0.4 is 5.32 Å². The Balaban J connectivity index is 1.79. The Hall–Kier alpha value is -0.0800. The summed E-state index contributed by atoms with van der Waals surface area (Å²) in [5.41, 5.74) is 0. The van der Waals surface area contributed by atoms with Crippen LogP contribution >= 0.6 is 11.6 Å². The normalized spacial score (nSPS) is 31.3. The lowest BCUT2D eigenvalue weighted by molar-refractivity contribution is -0.120. The van der Waals surface area contributed by atoms with Gasteiger partial charge in [-0.15, -0.1) is 11.6 Å². The minimum Gasteiger partial charge on any atom is -0.314 e. The van der Waals surface area contributed by atoms with Crippen LogP contribution in [0.2, 0.25) is 0 Å². The Morgan fingerprint density at radius 3 is 2.77 bits per heavy atom. The third kappa shape index (κ3) is 2.23. The zero-order valence-electron chi connectivity index (χ0n) is 7.81. The maximum atomic E-state index is 11.6. The van der Waals surface area contributed by atoms with Crippen molar-refractivity contribution >= 4 is 17.4 Å². The van der Waals surface area contributed by atoms with Gasteiger partial charge in [-0.05, 0) is 32.2 Å². The maximum absolute atomic E-state index is 11.6. The van der Waals surface area contributed by atoms with E-state index in [2.05, 4.69) is 5.32 Å². The summed E-state index contributed by atoms with van der Waals surface area (Å²) in [5, 5.41) is 3.37. The van der Waals surface area contributed by atoms with Gasteiger partial charge in [-0.25, -0.2) is 0 Å². The fraction of sp³-hybridized carbons (Fsp3) is 0.900. The van der Waals surface area contributed by atoms with E-state index in [-0.39, 0.29) is 5.78 Å². The molecule has 0 amide bonds. The van der Waals surface area contributed by atoms with Crippen LogP contribution in [0, 0.1) is 0 Å². The van der Waals surface area contributed by atoms with Crippen molar-refractivity contribution in [2.75, 3.05) is 6.54 Å². The zero-order chi connectivity index (χ0) is 9.31. The van der Waals surface area contributed by atoms with Gasteiger partial charge in [0.1, 0.15) is 4.87 Å². The number of hydrogen-bond acceptors (Lipinski definition) is 2. The molecule has 2 nitrogen and oxygen atoms in total. The first-order valence-electron chi connectivity index (χ1n) is 5.16. The summed E-state index contributed by atoms with van der Waals surface area (Å²) < 4.78 is 0. The Labute approximate surface area is 84.0 Å². The van der Waals surface area contributed by atoms with Crippen molar-refractivity contribution in [3.05, 3.63) is 0 Å². The molecule has 1 saturated carbocycles. The molecule has 0 radical (unpaired) electrons. The van der Waals surface area contributed by atoms with Gasteiger partial charge in [-0.3, -0.25) is 4.79 Å². The van der Waals surface area contributed by atoms with Gasteiger partial charge in [0.2, 0.25) is 0 Å². The second-order valence-electron chi connectivity index (χ2n) is 4.24. The number of piperidine rings is 1. The van der Waals surface area contributed by atoms with E-state index in [0.717, 1.165) is 25.8 Å². The molecule has 13 heavy (non-hydrogen) atoms. The molecule has 1 aliphatic heterocycles. The van der Waals surface area contributed by atoms with Gasteiger partial charge in [0.25, 0.3) is 0 Å². The molecule has 1 heterocycles. The van der Waals surface area contributed by atoms with E-state index in [1.807, 2.05) is 0 Å². The molecular formula is C10H16ClNO. The predicted octanol–water partition coefficient (Wildman–Crippen LogP) is 1.86. The van der Waals surface area contributed by atoms with Gasteiger partial charge in [-0.1, -0.05) is 6.42 Å². The quantitative estimate of drug-likeness (QED) is 0.707. The fourth-order valence-electron chi connectivity index (χ4n) is 1.89. The standard InChI is InChI=1S/C10H16ClNO/c11-10(4-5-10)9(13)7-8-3-1-2-6-12-8/h8,12H,1-7H2. The molecule has 1 unspecified atom stereocenters. The summed E-state index contributed by atoms with van der Waals surface area (Å²) in [5.74, 6) is 0.258. The minimum absolute atomic E-state index is 0.258. The molecule has 0 bridgehead atoms. The van der Waals surface area contributed by atoms with E-state index in [1.165, 1.54) is 12.8 Å². The Morgan fingerprint density at radius 2 is 2.23 bits per heavy atom. The summed E-state index contributed by atoms with van der Waals surface area (Å²) in [7, 11) is 0. The minimum atomic E-state index is -0.445. The number of hydrogen-bond donors (Lipinski definition) is 1. The smallest absolute Gasteiger partial charge is 0.155 e. The van der Waals surface area contributed by atoms with Gasteiger partial charge in [0.05, 0.1) is 0 Å². The SMILES string of the molecule is O=C(CC1CCCCN1)C1(Cl)CC1. The van der Waals surface area contributed by atoms with Crippen LogP contribution in [0.25, 0.3) is 0 Å². The second kappa shape index (κ2) is 3.58.